The summed E-state index contributed by atoms with van der Waals surface area (Å²) in [5.41, 5.74) is 2.09. The van der Waals surface area contributed by atoms with Gasteiger partial charge in [-0.3, -0.25) is 9.59 Å². The summed E-state index contributed by atoms with van der Waals surface area (Å²) in [5, 5.41) is 3.69. The molecule has 2 aromatic carbocycles. The van der Waals surface area contributed by atoms with Crippen molar-refractivity contribution < 1.29 is 19.1 Å². The lowest BCUT2D eigenvalue weighted by molar-refractivity contribution is -0.121. The van der Waals surface area contributed by atoms with Crippen LogP contribution in [0.3, 0.4) is 0 Å². The predicted octanol–water partition coefficient (Wildman–Crippen LogP) is 3.41. The van der Waals surface area contributed by atoms with Gasteiger partial charge in [0.2, 0.25) is 5.91 Å². The number of nitrogens with one attached hydrogen (secondary N) is 1. The number of carbonyl (C=O) groups excluding carboxylic acids is 2. The molecule has 1 fully saturated rings. The summed E-state index contributed by atoms with van der Waals surface area (Å²) < 4.78 is 10.4. The van der Waals surface area contributed by atoms with Crippen molar-refractivity contribution >= 4 is 34.8 Å². The minimum Gasteiger partial charge on any atom is -0.493 e. The van der Waals surface area contributed by atoms with Crippen molar-refractivity contribution in [3.8, 4) is 11.5 Å². The number of carbonyl (C=O) groups is 2. The van der Waals surface area contributed by atoms with Gasteiger partial charge in [0.15, 0.2) is 11.5 Å². The highest BCUT2D eigenvalue weighted by Crippen LogP contribution is 2.34. The highest BCUT2D eigenvalue weighted by Gasteiger charge is 2.39. The maximum atomic E-state index is 12.8. The Morgan fingerprint density at radius 3 is 2.46 bits per heavy atom. The molecule has 26 heavy (non-hydrogen) atoms. The second-order valence-corrected chi connectivity index (χ2v) is 6.38. The first-order valence-electron chi connectivity index (χ1n) is 8.06. The van der Waals surface area contributed by atoms with Gasteiger partial charge in [0.1, 0.15) is 6.04 Å². The van der Waals surface area contributed by atoms with Gasteiger partial charge in [0, 0.05) is 16.8 Å². The molecule has 7 heteroatoms. The van der Waals surface area contributed by atoms with Crippen LogP contribution in [-0.4, -0.2) is 32.1 Å². The van der Waals surface area contributed by atoms with Crippen molar-refractivity contribution in [3.05, 3.63) is 47.0 Å². The molecule has 0 aliphatic carbocycles. The maximum Gasteiger partial charge on any atom is 0.256 e. The summed E-state index contributed by atoms with van der Waals surface area (Å²) in [7, 11) is 3.02. The molecule has 2 amide bonds. The summed E-state index contributed by atoms with van der Waals surface area (Å²) in [6.45, 7) is 1.90. The Balaban J connectivity index is 1.83. The number of benzene rings is 2. The van der Waals surface area contributed by atoms with E-state index < -0.39 is 6.04 Å². The fourth-order valence-corrected chi connectivity index (χ4v) is 3.04. The van der Waals surface area contributed by atoms with Crippen LogP contribution in [0.25, 0.3) is 0 Å². The first kappa shape index (κ1) is 18.1. The van der Waals surface area contributed by atoms with Crippen molar-refractivity contribution in [1.82, 2.24) is 0 Å². The molecule has 3 rings (SSSR count). The monoisotopic (exact) mass is 374 g/mol. The Hall–Kier alpha value is -2.73. The SMILES string of the molecule is COc1ccc(N2C(=O)CC(Nc3ccc(C)c(Cl)c3)C2=O)cc1OC. The molecule has 2 aromatic rings. The van der Waals surface area contributed by atoms with Crippen LogP contribution in [0.5, 0.6) is 11.5 Å². The summed E-state index contributed by atoms with van der Waals surface area (Å²) in [6.07, 6.45) is 0.0681. The minimum absolute atomic E-state index is 0.0681. The van der Waals surface area contributed by atoms with Gasteiger partial charge in [0.05, 0.1) is 26.3 Å². The molecule has 0 saturated carbocycles. The highest BCUT2D eigenvalue weighted by molar-refractivity contribution is 6.31. The Bertz CT molecular complexity index is 869. The zero-order valence-electron chi connectivity index (χ0n) is 14.7. The van der Waals surface area contributed by atoms with Crippen LogP contribution < -0.4 is 19.7 Å². The van der Waals surface area contributed by atoms with Gasteiger partial charge in [-0.1, -0.05) is 17.7 Å². The van der Waals surface area contributed by atoms with Gasteiger partial charge < -0.3 is 14.8 Å². The Morgan fingerprint density at radius 2 is 1.81 bits per heavy atom. The molecule has 1 saturated heterocycles. The molecule has 0 radical (unpaired) electrons. The van der Waals surface area contributed by atoms with Crippen molar-refractivity contribution in [3.63, 3.8) is 0 Å². The standard InChI is InChI=1S/C19H19ClN2O4/c1-11-4-5-12(8-14(11)20)21-15-10-18(23)22(19(15)24)13-6-7-16(25-2)17(9-13)26-3/h4-9,15,21H,10H2,1-3H3. The largest absolute Gasteiger partial charge is 0.493 e. The molecule has 0 aromatic heterocycles. The molecule has 6 nitrogen and oxygen atoms in total. The van der Waals surface area contributed by atoms with Crippen molar-refractivity contribution in [2.75, 3.05) is 24.4 Å². The molecule has 0 spiro atoms. The fourth-order valence-electron chi connectivity index (χ4n) is 2.86. The number of halogens is 1. The van der Waals surface area contributed by atoms with Gasteiger partial charge in [-0.05, 0) is 36.8 Å². The second-order valence-electron chi connectivity index (χ2n) is 5.97. The van der Waals surface area contributed by atoms with E-state index in [1.807, 2.05) is 19.1 Å². The van der Waals surface area contributed by atoms with Crippen molar-refractivity contribution in [1.29, 1.82) is 0 Å². The molecule has 1 heterocycles. The first-order chi connectivity index (χ1) is 12.4. The molecule has 1 N–H and O–H groups in total. The first-order valence-corrected chi connectivity index (χ1v) is 8.44. The van der Waals surface area contributed by atoms with Crippen LogP contribution in [0.2, 0.25) is 5.02 Å². The van der Waals surface area contributed by atoms with Crippen LogP contribution in [0, 0.1) is 6.92 Å². The van der Waals surface area contributed by atoms with Crippen molar-refractivity contribution in [2.24, 2.45) is 0 Å². The molecule has 136 valence electrons. The van der Waals surface area contributed by atoms with Gasteiger partial charge in [-0.15, -0.1) is 0 Å². The summed E-state index contributed by atoms with van der Waals surface area (Å²) in [6, 6.07) is 9.72. The van der Waals surface area contributed by atoms with E-state index in [4.69, 9.17) is 21.1 Å². The summed E-state index contributed by atoms with van der Waals surface area (Å²) in [4.78, 5) is 26.4. The average Bonchev–Trinajstić information content (AvgIpc) is 2.91. The van der Waals surface area contributed by atoms with Gasteiger partial charge in [-0.25, -0.2) is 4.90 Å². The third-order valence-electron chi connectivity index (χ3n) is 4.28. The lowest BCUT2D eigenvalue weighted by Gasteiger charge is -2.18. The van der Waals surface area contributed by atoms with E-state index in [9.17, 15) is 9.59 Å². The number of hydrogen-bond donors (Lipinski definition) is 1. The van der Waals surface area contributed by atoms with E-state index in [-0.39, 0.29) is 18.2 Å². The highest BCUT2D eigenvalue weighted by atomic mass is 35.5. The van der Waals surface area contributed by atoms with Crippen LogP contribution in [0.15, 0.2) is 36.4 Å². The molecule has 0 bridgehead atoms. The minimum atomic E-state index is -0.644. The molecule has 1 aliphatic heterocycles. The van der Waals surface area contributed by atoms with E-state index in [1.54, 1.807) is 24.3 Å². The van der Waals surface area contributed by atoms with E-state index >= 15 is 0 Å². The average molecular weight is 375 g/mol. The smallest absolute Gasteiger partial charge is 0.256 e. The Labute approximate surface area is 156 Å². The van der Waals surface area contributed by atoms with Gasteiger partial charge >= 0.3 is 0 Å². The number of hydrogen-bond acceptors (Lipinski definition) is 5. The zero-order chi connectivity index (χ0) is 18.8. The van der Waals surface area contributed by atoms with E-state index in [1.165, 1.54) is 14.2 Å². The van der Waals surface area contributed by atoms with Gasteiger partial charge in [0.25, 0.3) is 5.91 Å². The molecular formula is C19H19ClN2O4. The predicted molar refractivity (Wildman–Crippen MR) is 100 cm³/mol. The van der Waals surface area contributed by atoms with Crippen LogP contribution in [0.4, 0.5) is 11.4 Å². The topological polar surface area (TPSA) is 67.9 Å². The zero-order valence-corrected chi connectivity index (χ0v) is 15.5. The Morgan fingerprint density at radius 1 is 1.08 bits per heavy atom. The van der Waals surface area contributed by atoms with E-state index in [0.29, 0.717) is 27.9 Å². The normalized spacial score (nSPS) is 16.8. The quantitative estimate of drug-likeness (QED) is 0.812. The van der Waals surface area contributed by atoms with E-state index in [0.717, 1.165) is 10.5 Å². The molecular weight excluding hydrogens is 356 g/mol. The molecule has 1 atom stereocenters. The number of anilines is 2. The maximum absolute atomic E-state index is 12.8. The third kappa shape index (κ3) is 3.32. The summed E-state index contributed by atoms with van der Waals surface area (Å²) >= 11 is 6.12. The lowest BCUT2D eigenvalue weighted by atomic mass is 10.2. The number of ether oxygens (including phenoxy) is 2. The Kier molecular flexibility index (Phi) is 5.04. The van der Waals surface area contributed by atoms with Gasteiger partial charge in [-0.2, -0.15) is 0 Å². The molecule has 1 unspecified atom stereocenters. The van der Waals surface area contributed by atoms with Crippen LogP contribution in [0.1, 0.15) is 12.0 Å². The second kappa shape index (κ2) is 7.25. The summed E-state index contributed by atoms with van der Waals surface area (Å²) in [5.74, 6) is 0.378. The number of methoxy groups -OCH3 is 2. The van der Waals surface area contributed by atoms with E-state index in [2.05, 4.69) is 5.32 Å². The van der Waals surface area contributed by atoms with Crippen molar-refractivity contribution in [2.45, 2.75) is 19.4 Å². The fraction of sp³-hybridized carbons (Fsp3) is 0.263. The van der Waals surface area contributed by atoms with Crippen LogP contribution >= 0.6 is 11.6 Å². The number of rotatable bonds is 5. The lowest BCUT2D eigenvalue weighted by Crippen LogP contribution is -2.34. The third-order valence-corrected chi connectivity index (χ3v) is 4.69. The number of amides is 2. The number of nitrogens with zero attached hydrogens (tertiary/aromatic N) is 1. The number of aryl methyl sites for hydroxylation is 1. The number of imide groups is 1. The molecule has 1 aliphatic rings. The van der Waals surface area contributed by atoms with Crippen LogP contribution in [-0.2, 0) is 9.59 Å².